The summed E-state index contributed by atoms with van der Waals surface area (Å²) < 4.78 is 44.6. The number of ether oxygens (including phenoxy) is 2. The van der Waals surface area contributed by atoms with Gasteiger partial charge >= 0.3 is 53.4 Å². The topological polar surface area (TPSA) is 184 Å². The van der Waals surface area contributed by atoms with Crippen LogP contribution in [0.5, 0.6) is 0 Å². The molecule has 3 unspecified atom stereocenters. The molecule has 0 radical (unpaired) electrons. The molecular weight excluding hydrogens is 519 g/mol. The Morgan fingerprint density at radius 3 is 1.54 bits per heavy atom. The number of esters is 2. The van der Waals surface area contributed by atoms with Gasteiger partial charge in [-0.1, -0.05) is 66.2 Å². The van der Waals surface area contributed by atoms with Crippen molar-refractivity contribution < 1.29 is 81.4 Å². The van der Waals surface area contributed by atoms with Gasteiger partial charge in [-0.05, 0) is 24.7 Å². The van der Waals surface area contributed by atoms with Crippen molar-refractivity contribution in [1.29, 1.82) is 0 Å². The normalized spacial score (nSPS) is 13.3. The summed E-state index contributed by atoms with van der Waals surface area (Å²) in [4.78, 5) is 43.3. The average Bonchev–Trinajstić information content (AvgIpc) is 2.81. The Kier molecular flexibility index (Phi) is 25.6. The van der Waals surface area contributed by atoms with Crippen LogP contribution < -0.4 is 29.6 Å². The van der Waals surface area contributed by atoms with Crippen molar-refractivity contribution in [3.8, 4) is 0 Å². The van der Waals surface area contributed by atoms with Gasteiger partial charge in [-0.25, -0.2) is 18.0 Å². The smallest absolute Gasteiger partial charge is 0.747 e. The fourth-order valence-electron chi connectivity index (χ4n) is 2.96. The maximum Gasteiger partial charge on any atom is 1.00 e. The molecule has 0 aliphatic carbocycles. The summed E-state index contributed by atoms with van der Waals surface area (Å²) >= 11 is 0. The number of rotatable bonds is 18. The zero-order chi connectivity index (χ0) is 28.1. The van der Waals surface area contributed by atoms with E-state index in [1.54, 1.807) is 0 Å². The summed E-state index contributed by atoms with van der Waals surface area (Å²) in [6.07, 6.45) is 7.70. The van der Waals surface area contributed by atoms with Crippen LogP contribution in [-0.2, 0) is 38.8 Å². The molecule has 0 aliphatic heterocycles. The van der Waals surface area contributed by atoms with E-state index < -0.39 is 45.7 Å². The van der Waals surface area contributed by atoms with E-state index in [1.165, 1.54) is 0 Å². The molecule has 0 fully saturated rings. The van der Waals surface area contributed by atoms with Crippen molar-refractivity contribution in [3.63, 3.8) is 0 Å². The molecule has 0 heterocycles. The first-order chi connectivity index (χ1) is 16.8. The van der Waals surface area contributed by atoms with Gasteiger partial charge in [0.2, 0.25) is 0 Å². The number of aliphatic carboxylic acids is 2. The summed E-state index contributed by atoms with van der Waals surface area (Å²) in [5.74, 6) is -4.26. The second kappa shape index (κ2) is 23.6. The van der Waals surface area contributed by atoms with Crippen LogP contribution in [0, 0.1) is 11.8 Å². The van der Waals surface area contributed by atoms with Crippen molar-refractivity contribution >= 4 is 34.0 Å². The fourth-order valence-corrected chi connectivity index (χ4v) is 3.60. The van der Waals surface area contributed by atoms with E-state index in [9.17, 15) is 32.1 Å². The van der Waals surface area contributed by atoms with Gasteiger partial charge in [0.25, 0.3) is 0 Å². The first-order valence-corrected chi connectivity index (χ1v) is 13.7. The number of hydrogen-bond acceptors (Lipinski definition) is 9. The van der Waals surface area contributed by atoms with Crippen molar-refractivity contribution in [2.45, 2.75) is 90.7 Å². The zero-order valence-electron chi connectivity index (χ0n) is 22.6. The van der Waals surface area contributed by atoms with E-state index in [1.807, 2.05) is 13.8 Å². The fraction of sp³-hybridized carbons (Fsp3) is 0.750. The Morgan fingerprint density at radius 2 is 1.22 bits per heavy atom. The average molecular weight is 561 g/mol. The molecule has 0 bridgehead atoms. The van der Waals surface area contributed by atoms with Gasteiger partial charge in [-0.3, -0.25) is 9.59 Å². The third kappa shape index (κ3) is 23.4. The van der Waals surface area contributed by atoms with Crippen LogP contribution >= 0.6 is 0 Å². The van der Waals surface area contributed by atoms with E-state index in [2.05, 4.69) is 13.8 Å². The first-order valence-electron chi connectivity index (χ1n) is 12.2. The molecule has 2 N–H and O–H groups in total. The summed E-state index contributed by atoms with van der Waals surface area (Å²) in [7, 11) is -5.01. The molecule has 3 atom stereocenters. The molecular formula is C24H41NaO11S. The number of hydrogen-bond donors (Lipinski definition) is 2. The molecule has 0 saturated heterocycles. The standard InChI is InChI=1S/C20H38O7S.C4H4O4.Na/c1-5-9-11-16(7-3)14-26-19(21)13-18(28(23,24)25)20(22)27-15-17(8-4)12-10-6-2;5-3(6)1-2-4(7)8;/h16-18H,5-15H2,1-4H3,(H,23,24,25);1-2H,(H,5,6)(H,7,8);/q;;+1/p-1/b;2-1+;. The number of carbonyl (C=O) groups excluding carboxylic acids is 2. The van der Waals surface area contributed by atoms with Crippen molar-refractivity contribution in [2.75, 3.05) is 13.2 Å². The Bertz CT molecular complexity index is 781. The third-order valence-corrected chi connectivity index (χ3v) is 6.42. The van der Waals surface area contributed by atoms with Gasteiger partial charge in [-0.15, -0.1) is 0 Å². The molecule has 0 aromatic heterocycles. The second-order valence-electron chi connectivity index (χ2n) is 8.34. The van der Waals surface area contributed by atoms with Crippen LogP contribution in [0.25, 0.3) is 0 Å². The van der Waals surface area contributed by atoms with Crippen LogP contribution in [0.15, 0.2) is 12.2 Å². The van der Waals surface area contributed by atoms with Gasteiger partial charge in [-0.2, -0.15) is 0 Å². The Balaban J connectivity index is -0.00000110. The minimum absolute atomic E-state index is 0. The molecule has 0 rings (SSSR count). The van der Waals surface area contributed by atoms with Crippen LogP contribution in [0.1, 0.15) is 85.5 Å². The Hall–Kier alpha value is -1.47. The van der Waals surface area contributed by atoms with Crippen molar-refractivity contribution in [3.05, 3.63) is 12.2 Å². The molecule has 0 amide bonds. The molecule has 0 spiro atoms. The van der Waals surface area contributed by atoms with Crippen LogP contribution in [0.2, 0.25) is 0 Å². The van der Waals surface area contributed by atoms with Crippen LogP contribution in [0.4, 0.5) is 0 Å². The molecule has 210 valence electrons. The summed E-state index contributed by atoms with van der Waals surface area (Å²) in [5.41, 5.74) is 0. The summed E-state index contributed by atoms with van der Waals surface area (Å²) in [6.45, 7) is 8.26. The van der Waals surface area contributed by atoms with Gasteiger partial charge in [0.1, 0.15) is 10.1 Å². The van der Waals surface area contributed by atoms with E-state index in [0.29, 0.717) is 12.2 Å². The molecule has 13 heteroatoms. The maximum atomic E-state index is 12.1. The van der Waals surface area contributed by atoms with Gasteiger partial charge in [0.05, 0.1) is 19.6 Å². The van der Waals surface area contributed by atoms with Crippen LogP contribution in [-0.4, -0.2) is 65.5 Å². The maximum absolute atomic E-state index is 12.1. The van der Waals surface area contributed by atoms with E-state index >= 15 is 0 Å². The molecule has 0 aromatic rings. The predicted octanol–water partition coefficient (Wildman–Crippen LogP) is 0.525. The SMILES string of the molecule is CCCCC(CC)COC(=O)CC(C(=O)OCC(CC)CCCC)S(=O)(=O)[O-].O=C(O)/C=C/C(=O)O.[Na+]. The Morgan fingerprint density at radius 1 is 0.811 bits per heavy atom. The van der Waals surface area contributed by atoms with Gasteiger partial charge in [0.15, 0.2) is 5.25 Å². The third-order valence-electron chi connectivity index (χ3n) is 5.36. The van der Waals surface area contributed by atoms with E-state index in [0.717, 1.165) is 51.4 Å². The largest absolute Gasteiger partial charge is 1.00 e. The monoisotopic (exact) mass is 560 g/mol. The zero-order valence-corrected chi connectivity index (χ0v) is 25.5. The van der Waals surface area contributed by atoms with Crippen molar-refractivity contribution in [2.24, 2.45) is 11.8 Å². The van der Waals surface area contributed by atoms with Gasteiger partial charge < -0.3 is 24.2 Å². The summed E-state index contributed by atoms with van der Waals surface area (Å²) in [5, 5.41) is 13.6. The molecule has 0 saturated carbocycles. The Labute approximate surface area is 242 Å². The quantitative estimate of drug-likeness (QED) is 0.103. The van der Waals surface area contributed by atoms with Gasteiger partial charge in [0, 0.05) is 12.2 Å². The molecule has 37 heavy (non-hydrogen) atoms. The number of unbranched alkanes of at least 4 members (excludes halogenated alkanes) is 2. The number of carboxylic acid groups (broad SMARTS) is 2. The minimum atomic E-state index is -5.01. The van der Waals surface area contributed by atoms with E-state index in [-0.39, 0.29) is 54.6 Å². The number of carboxylic acids is 2. The minimum Gasteiger partial charge on any atom is -0.747 e. The second-order valence-corrected chi connectivity index (χ2v) is 9.90. The van der Waals surface area contributed by atoms with Crippen LogP contribution in [0.3, 0.4) is 0 Å². The number of carbonyl (C=O) groups is 4. The molecule has 0 aromatic carbocycles. The summed E-state index contributed by atoms with van der Waals surface area (Å²) in [6, 6.07) is 0. The molecule has 11 nitrogen and oxygen atoms in total. The van der Waals surface area contributed by atoms with E-state index in [4.69, 9.17) is 19.7 Å². The predicted molar refractivity (Wildman–Crippen MR) is 131 cm³/mol. The molecule has 0 aliphatic rings. The van der Waals surface area contributed by atoms with Crippen molar-refractivity contribution in [1.82, 2.24) is 0 Å². The first kappa shape index (κ1) is 40.0.